The maximum atomic E-state index is 5.82. The van der Waals surface area contributed by atoms with Crippen LogP contribution in [0, 0.1) is 13.8 Å². The Kier molecular flexibility index (Phi) is 7.41. The van der Waals surface area contributed by atoms with Crippen LogP contribution in [-0.2, 0) is 5.75 Å². The minimum atomic E-state index is 0.449. The zero-order valence-corrected chi connectivity index (χ0v) is 19.6. The first kappa shape index (κ1) is 22.0. The molecular formula is C25H32N4OS. The monoisotopic (exact) mass is 436 g/mol. The number of hydrogen-bond donors (Lipinski definition) is 0. The minimum Gasteiger partial charge on any atom is -0.466 e. The van der Waals surface area contributed by atoms with Crippen LogP contribution < -0.4 is 0 Å². The molecule has 1 aliphatic heterocycles. The van der Waals surface area contributed by atoms with E-state index in [-0.39, 0.29) is 0 Å². The summed E-state index contributed by atoms with van der Waals surface area (Å²) in [6, 6.07) is 8.25. The van der Waals surface area contributed by atoms with Gasteiger partial charge in [-0.15, -0.1) is 0 Å². The number of pyridine rings is 1. The van der Waals surface area contributed by atoms with Gasteiger partial charge >= 0.3 is 0 Å². The molecule has 4 rings (SSSR count). The van der Waals surface area contributed by atoms with E-state index in [2.05, 4.69) is 46.9 Å². The lowest BCUT2D eigenvalue weighted by atomic mass is 9.92. The molecule has 0 aliphatic carbocycles. The van der Waals surface area contributed by atoms with Crippen LogP contribution in [-0.4, -0.2) is 39.5 Å². The number of piperidine rings is 1. The smallest absolute Gasteiger partial charge is 0.188 e. The zero-order chi connectivity index (χ0) is 21.6. The second kappa shape index (κ2) is 10.4. The van der Waals surface area contributed by atoms with Gasteiger partial charge in [0.05, 0.1) is 5.69 Å². The second-order valence-corrected chi connectivity index (χ2v) is 9.59. The summed E-state index contributed by atoms with van der Waals surface area (Å²) in [7, 11) is 0. The third-order valence-corrected chi connectivity index (χ3v) is 7.03. The van der Waals surface area contributed by atoms with Crippen molar-refractivity contribution in [2.24, 2.45) is 0 Å². The van der Waals surface area contributed by atoms with Crippen molar-refractivity contribution in [1.29, 1.82) is 0 Å². The number of nitrogens with zero attached hydrogens (tertiary/aromatic N) is 4. The summed E-state index contributed by atoms with van der Waals surface area (Å²) in [4.78, 5) is 16.3. The van der Waals surface area contributed by atoms with Crippen LogP contribution >= 0.6 is 11.8 Å². The van der Waals surface area contributed by atoms with Crippen molar-refractivity contribution >= 4 is 11.8 Å². The maximum Gasteiger partial charge on any atom is 0.188 e. The highest BCUT2D eigenvalue weighted by Gasteiger charge is 2.25. The summed E-state index contributed by atoms with van der Waals surface area (Å²) in [6.45, 7) is 9.77. The van der Waals surface area contributed by atoms with Gasteiger partial charge in [0.25, 0.3) is 0 Å². The molecule has 6 heteroatoms. The van der Waals surface area contributed by atoms with Crippen molar-refractivity contribution in [3.05, 3.63) is 71.2 Å². The molecule has 0 radical (unpaired) electrons. The van der Waals surface area contributed by atoms with Crippen LogP contribution in [0.5, 0.6) is 0 Å². The summed E-state index contributed by atoms with van der Waals surface area (Å²) in [5.74, 6) is 3.88. The van der Waals surface area contributed by atoms with Crippen LogP contribution in [0.1, 0.15) is 66.4 Å². The largest absolute Gasteiger partial charge is 0.466 e. The molecule has 3 aromatic heterocycles. The fourth-order valence-electron chi connectivity index (χ4n) is 4.27. The number of rotatable bonds is 8. The van der Waals surface area contributed by atoms with Gasteiger partial charge in [-0.25, -0.2) is 9.97 Å². The van der Waals surface area contributed by atoms with Crippen molar-refractivity contribution in [3.8, 4) is 0 Å². The van der Waals surface area contributed by atoms with E-state index in [9.17, 15) is 0 Å². The predicted molar refractivity (Wildman–Crippen MR) is 125 cm³/mol. The fourth-order valence-corrected chi connectivity index (χ4v) is 5.03. The molecule has 0 N–H and O–H groups in total. The summed E-state index contributed by atoms with van der Waals surface area (Å²) in [5, 5.41) is 0.864. The zero-order valence-electron chi connectivity index (χ0n) is 18.8. The molecule has 1 saturated heterocycles. The van der Waals surface area contributed by atoms with E-state index in [1.54, 1.807) is 18.0 Å². The van der Waals surface area contributed by atoms with Gasteiger partial charge in [0, 0.05) is 42.7 Å². The Bertz CT molecular complexity index is 975. The normalized spacial score (nSPS) is 18.2. The highest BCUT2D eigenvalue weighted by Crippen LogP contribution is 2.30. The van der Waals surface area contributed by atoms with Gasteiger partial charge in [0.2, 0.25) is 0 Å². The van der Waals surface area contributed by atoms with Crippen LogP contribution in [0.2, 0.25) is 0 Å². The van der Waals surface area contributed by atoms with Crippen molar-refractivity contribution in [2.45, 2.75) is 62.8 Å². The molecule has 0 spiro atoms. The van der Waals surface area contributed by atoms with Crippen molar-refractivity contribution in [2.75, 3.05) is 19.6 Å². The third-order valence-electron chi connectivity index (χ3n) is 6.10. The van der Waals surface area contributed by atoms with Gasteiger partial charge in [0.15, 0.2) is 5.16 Å². The van der Waals surface area contributed by atoms with Gasteiger partial charge in [-0.2, -0.15) is 0 Å². The van der Waals surface area contributed by atoms with Crippen LogP contribution in [0.4, 0.5) is 0 Å². The Balaban J connectivity index is 1.35. The van der Waals surface area contributed by atoms with E-state index in [0.717, 1.165) is 41.9 Å². The highest BCUT2D eigenvalue weighted by molar-refractivity contribution is 7.98. The second-order valence-electron chi connectivity index (χ2n) is 8.65. The SMILES string of the molecule is Cc1ccc([C@@H](C)CCN2CCC[C@@H](c3nc(SCc4cccnc4)ncc3C)C2)o1. The summed E-state index contributed by atoms with van der Waals surface area (Å²) in [6.07, 6.45) is 9.25. The van der Waals surface area contributed by atoms with Gasteiger partial charge in [0.1, 0.15) is 11.5 Å². The summed E-state index contributed by atoms with van der Waals surface area (Å²) >= 11 is 1.69. The summed E-state index contributed by atoms with van der Waals surface area (Å²) in [5.41, 5.74) is 3.63. The van der Waals surface area contributed by atoms with Crippen LogP contribution in [0.3, 0.4) is 0 Å². The average molecular weight is 437 g/mol. The van der Waals surface area contributed by atoms with Gasteiger partial charge < -0.3 is 9.32 Å². The fraction of sp³-hybridized carbons (Fsp3) is 0.480. The molecule has 0 bridgehead atoms. The molecule has 1 fully saturated rings. The third kappa shape index (κ3) is 5.95. The standard InChI is InChI=1S/C25H32N4OS/c1-18(23-9-8-20(3)30-23)10-13-29-12-5-7-22(16-29)24-19(2)14-27-25(28-24)31-17-21-6-4-11-26-15-21/h4,6,8-9,11,14-15,18,22H,5,7,10,12-13,16-17H2,1-3H3/t18-,22+/m0/s1. The van der Waals surface area contributed by atoms with Crippen LogP contribution in [0.25, 0.3) is 0 Å². The van der Waals surface area contributed by atoms with E-state index in [4.69, 9.17) is 9.40 Å². The molecule has 0 saturated carbocycles. The van der Waals surface area contributed by atoms with E-state index < -0.39 is 0 Å². The minimum absolute atomic E-state index is 0.449. The molecule has 4 heterocycles. The number of likely N-dealkylation sites (tertiary alicyclic amines) is 1. The highest BCUT2D eigenvalue weighted by atomic mass is 32.2. The molecule has 0 amide bonds. The van der Waals surface area contributed by atoms with E-state index >= 15 is 0 Å². The first-order valence-corrected chi connectivity index (χ1v) is 12.2. The Hall–Kier alpha value is -2.18. The molecule has 2 atom stereocenters. The van der Waals surface area contributed by atoms with Gasteiger partial charge in [-0.05, 0) is 75.5 Å². The molecule has 3 aromatic rings. The van der Waals surface area contributed by atoms with Gasteiger partial charge in [-0.3, -0.25) is 4.98 Å². The van der Waals surface area contributed by atoms with E-state index in [0.29, 0.717) is 11.8 Å². The van der Waals surface area contributed by atoms with Crippen molar-refractivity contribution in [1.82, 2.24) is 19.9 Å². The number of aromatic nitrogens is 3. The van der Waals surface area contributed by atoms with Crippen molar-refractivity contribution < 1.29 is 4.42 Å². The molecule has 164 valence electrons. The van der Waals surface area contributed by atoms with E-state index in [1.165, 1.54) is 36.2 Å². The molecule has 0 aromatic carbocycles. The first-order valence-electron chi connectivity index (χ1n) is 11.2. The summed E-state index contributed by atoms with van der Waals surface area (Å²) < 4.78 is 5.82. The molecular weight excluding hydrogens is 404 g/mol. The Morgan fingerprint density at radius 3 is 2.90 bits per heavy atom. The maximum absolute atomic E-state index is 5.82. The number of aryl methyl sites for hydroxylation is 2. The van der Waals surface area contributed by atoms with Gasteiger partial charge in [-0.1, -0.05) is 24.8 Å². The quantitative estimate of drug-likeness (QED) is 0.331. The molecule has 31 heavy (non-hydrogen) atoms. The predicted octanol–water partition coefficient (Wildman–Crippen LogP) is 5.75. The molecule has 1 aliphatic rings. The van der Waals surface area contributed by atoms with Crippen molar-refractivity contribution in [3.63, 3.8) is 0 Å². The first-order chi connectivity index (χ1) is 15.1. The Morgan fingerprint density at radius 2 is 2.13 bits per heavy atom. The lowest BCUT2D eigenvalue weighted by Crippen LogP contribution is -2.36. The number of hydrogen-bond acceptors (Lipinski definition) is 6. The Morgan fingerprint density at radius 1 is 1.23 bits per heavy atom. The average Bonchev–Trinajstić information content (AvgIpc) is 3.24. The molecule has 5 nitrogen and oxygen atoms in total. The molecule has 0 unspecified atom stereocenters. The van der Waals surface area contributed by atoms with Crippen LogP contribution in [0.15, 0.2) is 52.4 Å². The lowest BCUT2D eigenvalue weighted by Gasteiger charge is -2.33. The Labute approximate surface area is 189 Å². The number of furan rings is 1. The topological polar surface area (TPSA) is 55.1 Å². The number of thioether (sulfide) groups is 1. The van der Waals surface area contributed by atoms with E-state index in [1.807, 2.05) is 25.4 Å². The lowest BCUT2D eigenvalue weighted by molar-refractivity contribution is 0.198.